The number of thiol groups is 1. The molecule has 1 aliphatic carbocycles. The molecule has 4 nitrogen and oxygen atoms in total. The van der Waals surface area contributed by atoms with Gasteiger partial charge in [-0.25, -0.2) is 0 Å². The lowest BCUT2D eigenvalue weighted by molar-refractivity contribution is -0.137. The monoisotopic (exact) mass is 327 g/mol. The topological polar surface area (TPSA) is 57.6 Å². The van der Waals surface area contributed by atoms with E-state index in [0.29, 0.717) is 12.1 Å². The molecule has 0 unspecified atom stereocenters. The number of carboxylic acids is 1. The van der Waals surface area contributed by atoms with Crippen LogP contribution < -0.4 is 4.90 Å². The summed E-state index contributed by atoms with van der Waals surface area (Å²) in [6, 6.07) is 16.8. The normalized spacial score (nSPS) is 19.2. The predicted molar refractivity (Wildman–Crippen MR) is 91.8 cm³/mol. The van der Waals surface area contributed by atoms with Crippen LogP contribution >= 0.6 is 12.6 Å². The zero-order valence-electron chi connectivity index (χ0n) is 12.4. The largest absolute Gasteiger partial charge is 0.480 e. The Balaban J connectivity index is 1.89. The molecule has 1 N–H and O–H groups in total. The van der Waals surface area contributed by atoms with Crippen molar-refractivity contribution in [1.82, 2.24) is 0 Å². The number of amides is 1. The van der Waals surface area contributed by atoms with Gasteiger partial charge in [0.2, 0.25) is 5.91 Å². The van der Waals surface area contributed by atoms with Crippen LogP contribution in [0.3, 0.4) is 0 Å². The molecule has 0 spiro atoms. The second-order valence-electron chi connectivity index (χ2n) is 5.61. The standard InChI is InChI=1S/C18H17NO3S/c20-16(21)11-19(13-7-2-1-3-8-13)18(22)15-10-12-6-4-5-9-14(12)17(15)23/h1-9,15,17,23H,10-11H2,(H,20,21)/t15-,17+/m1/s1. The fourth-order valence-corrected chi connectivity index (χ4v) is 3.52. The van der Waals surface area contributed by atoms with Crippen molar-refractivity contribution < 1.29 is 14.7 Å². The molecule has 3 rings (SSSR count). The maximum absolute atomic E-state index is 13.0. The molecular formula is C18H17NO3S. The molecule has 23 heavy (non-hydrogen) atoms. The van der Waals surface area contributed by atoms with Gasteiger partial charge in [0.05, 0.1) is 5.92 Å². The lowest BCUT2D eigenvalue weighted by atomic mass is 10.0. The molecule has 0 aliphatic heterocycles. The first-order valence-corrected chi connectivity index (χ1v) is 7.93. The van der Waals surface area contributed by atoms with E-state index in [2.05, 4.69) is 12.6 Å². The summed E-state index contributed by atoms with van der Waals surface area (Å²) < 4.78 is 0. The van der Waals surface area contributed by atoms with Crippen LogP contribution in [0.5, 0.6) is 0 Å². The van der Waals surface area contributed by atoms with E-state index in [9.17, 15) is 9.59 Å². The van der Waals surface area contributed by atoms with E-state index in [-0.39, 0.29) is 23.6 Å². The summed E-state index contributed by atoms with van der Waals surface area (Å²) in [5.41, 5.74) is 2.75. The molecule has 0 radical (unpaired) electrons. The van der Waals surface area contributed by atoms with E-state index in [4.69, 9.17) is 5.11 Å². The smallest absolute Gasteiger partial charge is 0.323 e. The van der Waals surface area contributed by atoms with E-state index in [1.807, 2.05) is 30.3 Å². The summed E-state index contributed by atoms with van der Waals surface area (Å²) in [5, 5.41) is 8.95. The van der Waals surface area contributed by atoms with Gasteiger partial charge in [-0.05, 0) is 29.7 Å². The molecule has 1 amide bonds. The number of rotatable bonds is 4. The average Bonchev–Trinajstić information content (AvgIpc) is 2.90. The summed E-state index contributed by atoms with van der Waals surface area (Å²) >= 11 is 4.61. The number of benzene rings is 2. The number of carbonyl (C=O) groups is 2. The first-order valence-electron chi connectivity index (χ1n) is 7.42. The summed E-state index contributed by atoms with van der Waals surface area (Å²) in [7, 11) is 0. The molecule has 2 aromatic rings. The first kappa shape index (κ1) is 15.6. The summed E-state index contributed by atoms with van der Waals surface area (Å²) in [5.74, 6) is -1.58. The minimum atomic E-state index is -1.03. The molecule has 2 aromatic carbocycles. The minimum Gasteiger partial charge on any atom is -0.480 e. The van der Waals surface area contributed by atoms with Gasteiger partial charge in [-0.15, -0.1) is 0 Å². The van der Waals surface area contributed by atoms with Crippen LogP contribution in [0.2, 0.25) is 0 Å². The molecule has 2 atom stereocenters. The molecule has 0 aromatic heterocycles. The highest BCUT2D eigenvalue weighted by atomic mass is 32.1. The van der Waals surface area contributed by atoms with Gasteiger partial charge >= 0.3 is 5.97 Å². The quantitative estimate of drug-likeness (QED) is 0.849. The second kappa shape index (κ2) is 6.46. The third-order valence-electron chi connectivity index (χ3n) is 4.14. The van der Waals surface area contributed by atoms with Gasteiger partial charge in [0.25, 0.3) is 0 Å². The molecule has 0 saturated carbocycles. The fourth-order valence-electron chi connectivity index (χ4n) is 3.04. The van der Waals surface area contributed by atoms with E-state index in [1.165, 1.54) is 4.90 Å². The maximum atomic E-state index is 13.0. The maximum Gasteiger partial charge on any atom is 0.323 e. The zero-order valence-corrected chi connectivity index (χ0v) is 13.3. The molecule has 0 bridgehead atoms. The van der Waals surface area contributed by atoms with Crippen molar-refractivity contribution in [2.75, 3.05) is 11.4 Å². The molecule has 5 heteroatoms. The van der Waals surface area contributed by atoms with Crippen molar-refractivity contribution in [2.24, 2.45) is 5.92 Å². The van der Waals surface area contributed by atoms with Crippen molar-refractivity contribution in [3.8, 4) is 0 Å². The van der Waals surface area contributed by atoms with Crippen LogP contribution in [0.4, 0.5) is 5.69 Å². The Hall–Kier alpha value is -2.27. The zero-order chi connectivity index (χ0) is 16.4. The van der Waals surface area contributed by atoms with Gasteiger partial charge in [-0.2, -0.15) is 12.6 Å². The number of fused-ring (bicyclic) bond motifs is 1. The van der Waals surface area contributed by atoms with E-state index < -0.39 is 5.97 Å². The average molecular weight is 327 g/mol. The predicted octanol–water partition coefficient (Wildman–Crippen LogP) is 2.95. The van der Waals surface area contributed by atoms with Gasteiger partial charge in [0, 0.05) is 10.9 Å². The van der Waals surface area contributed by atoms with Crippen molar-refractivity contribution in [3.05, 3.63) is 65.7 Å². The number of carbonyl (C=O) groups excluding carboxylic acids is 1. The van der Waals surface area contributed by atoms with Crippen molar-refractivity contribution in [3.63, 3.8) is 0 Å². The molecule has 0 saturated heterocycles. The van der Waals surface area contributed by atoms with Gasteiger partial charge in [0.1, 0.15) is 6.54 Å². The van der Waals surface area contributed by atoms with E-state index in [1.54, 1.807) is 24.3 Å². The van der Waals surface area contributed by atoms with Gasteiger partial charge in [0.15, 0.2) is 0 Å². The van der Waals surface area contributed by atoms with Crippen LogP contribution in [-0.2, 0) is 16.0 Å². The third kappa shape index (κ3) is 3.10. The van der Waals surface area contributed by atoms with Crippen LogP contribution in [0.1, 0.15) is 16.4 Å². The Kier molecular flexibility index (Phi) is 4.39. The summed E-state index contributed by atoms with van der Waals surface area (Å²) in [4.78, 5) is 25.5. The first-order chi connectivity index (χ1) is 11.1. The summed E-state index contributed by atoms with van der Waals surface area (Å²) in [6.07, 6.45) is 0.589. The number of anilines is 1. The Morgan fingerprint density at radius 3 is 2.39 bits per heavy atom. The number of nitrogens with zero attached hydrogens (tertiary/aromatic N) is 1. The highest BCUT2D eigenvalue weighted by molar-refractivity contribution is 7.80. The van der Waals surface area contributed by atoms with Crippen LogP contribution in [-0.4, -0.2) is 23.5 Å². The number of hydrogen-bond acceptors (Lipinski definition) is 3. The third-order valence-corrected chi connectivity index (χ3v) is 4.78. The highest BCUT2D eigenvalue weighted by Gasteiger charge is 2.38. The number of para-hydroxylation sites is 1. The van der Waals surface area contributed by atoms with Gasteiger partial charge in [-0.1, -0.05) is 42.5 Å². The SMILES string of the molecule is O=C(O)CN(C(=O)[C@@H]1Cc2ccccc2[C@@H]1S)c1ccccc1. The second-order valence-corrected chi connectivity index (χ2v) is 6.16. The van der Waals surface area contributed by atoms with Crippen molar-refractivity contribution in [2.45, 2.75) is 11.7 Å². The van der Waals surface area contributed by atoms with E-state index in [0.717, 1.165) is 11.1 Å². The van der Waals surface area contributed by atoms with Gasteiger partial charge in [-0.3, -0.25) is 9.59 Å². The lowest BCUT2D eigenvalue weighted by Gasteiger charge is -2.26. The van der Waals surface area contributed by atoms with Crippen molar-refractivity contribution >= 4 is 30.2 Å². The highest BCUT2D eigenvalue weighted by Crippen LogP contribution is 2.41. The minimum absolute atomic E-state index is 0.199. The molecule has 0 fully saturated rings. The molecule has 118 valence electrons. The molecule has 1 aliphatic rings. The Labute approximate surface area is 140 Å². The Morgan fingerprint density at radius 2 is 1.74 bits per heavy atom. The Bertz CT molecular complexity index is 732. The van der Waals surface area contributed by atoms with Gasteiger partial charge < -0.3 is 10.0 Å². The number of carboxylic acid groups (broad SMARTS) is 1. The van der Waals surface area contributed by atoms with Crippen LogP contribution in [0.15, 0.2) is 54.6 Å². The molecule has 0 heterocycles. The van der Waals surface area contributed by atoms with Crippen LogP contribution in [0, 0.1) is 5.92 Å². The fraction of sp³-hybridized carbons (Fsp3) is 0.222. The molecular weight excluding hydrogens is 310 g/mol. The lowest BCUT2D eigenvalue weighted by Crippen LogP contribution is -2.40. The van der Waals surface area contributed by atoms with Crippen molar-refractivity contribution in [1.29, 1.82) is 0 Å². The van der Waals surface area contributed by atoms with Crippen LogP contribution in [0.25, 0.3) is 0 Å². The number of aliphatic carboxylic acids is 1. The summed E-state index contributed by atoms with van der Waals surface area (Å²) in [6.45, 7) is -0.351. The Morgan fingerprint density at radius 1 is 1.09 bits per heavy atom. The number of hydrogen-bond donors (Lipinski definition) is 2. The van der Waals surface area contributed by atoms with E-state index >= 15 is 0 Å².